The lowest BCUT2D eigenvalue weighted by Crippen LogP contribution is -2.29. The number of hydrogen-bond acceptors (Lipinski definition) is 2. The molecule has 1 saturated carbocycles. The van der Waals surface area contributed by atoms with Crippen molar-refractivity contribution in [2.75, 3.05) is 11.9 Å². The molecular weight excluding hydrogens is 208 g/mol. The zero-order chi connectivity index (χ0) is 10.7. The van der Waals surface area contributed by atoms with Crippen LogP contribution in [0.1, 0.15) is 19.3 Å². The molecule has 0 bridgehead atoms. The van der Waals surface area contributed by atoms with Crippen molar-refractivity contribution in [2.24, 2.45) is 11.7 Å². The first-order valence-electron chi connectivity index (χ1n) is 5.52. The molecule has 1 aliphatic rings. The van der Waals surface area contributed by atoms with Crippen molar-refractivity contribution in [2.45, 2.75) is 25.3 Å². The van der Waals surface area contributed by atoms with E-state index < -0.39 is 0 Å². The molecule has 3 N–H and O–H groups in total. The molecule has 2 atom stereocenters. The number of anilines is 1. The van der Waals surface area contributed by atoms with E-state index in [1.165, 1.54) is 19.3 Å². The topological polar surface area (TPSA) is 38.0 Å². The Balaban J connectivity index is 1.99. The Kier molecular flexibility index (Phi) is 3.49. The fourth-order valence-corrected chi connectivity index (χ4v) is 2.40. The van der Waals surface area contributed by atoms with Gasteiger partial charge in [-0.2, -0.15) is 0 Å². The summed E-state index contributed by atoms with van der Waals surface area (Å²) in [6.45, 7) is 0.783. The van der Waals surface area contributed by atoms with Crippen LogP contribution in [0.3, 0.4) is 0 Å². The highest BCUT2D eigenvalue weighted by atomic mass is 35.5. The number of rotatable bonds is 3. The zero-order valence-corrected chi connectivity index (χ0v) is 9.50. The van der Waals surface area contributed by atoms with Crippen LogP contribution in [-0.2, 0) is 0 Å². The van der Waals surface area contributed by atoms with Crippen molar-refractivity contribution in [1.82, 2.24) is 0 Å². The summed E-state index contributed by atoms with van der Waals surface area (Å²) in [7, 11) is 0. The molecule has 2 unspecified atom stereocenters. The molecule has 1 aliphatic carbocycles. The van der Waals surface area contributed by atoms with E-state index in [2.05, 4.69) is 5.32 Å². The van der Waals surface area contributed by atoms with E-state index >= 15 is 0 Å². The summed E-state index contributed by atoms with van der Waals surface area (Å²) >= 11 is 5.84. The highest BCUT2D eigenvalue weighted by Crippen LogP contribution is 2.28. The maximum absolute atomic E-state index is 5.84. The number of benzene rings is 1. The second-order valence-corrected chi connectivity index (χ2v) is 4.62. The van der Waals surface area contributed by atoms with E-state index in [0.29, 0.717) is 12.0 Å². The van der Waals surface area contributed by atoms with Crippen LogP contribution < -0.4 is 11.1 Å². The highest BCUT2D eigenvalue weighted by Gasteiger charge is 2.25. The summed E-state index contributed by atoms with van der Waals surface area (Å²) in [6.07, 6.45) is 3.76. The van der Waals surface area contributed by atoms with Gasteiger partial charge in [0.25, 0.3) is 0 Å². The van der Waals surface area contributed by atoms with Crippen LogP contribution in [0.4, 0.5) is 5.69 Å². The summed E-state index contributed by atoms with van der Waals surface area (Å²) < 4.78 is 0. The Morgan fingerprint density at radius 2 is 2.00 bits per heavy atom. The molecule has 0 spiro atoms. The Bertz CT molecular complexity index is 310. The van der Waals surface area contributed by atoms with Gasteiger partial charge in [-0.05, 0) is 49.6 Å². The van der Waals surface area contributed by atoms with Gasteiger partial charge in [-0.25, -0.2) is 0 Å². The first kappa shape index (κ1) is 10.8. The van der Waals surface area contributed by atoms with Crippen LogP contribution in [0.25, 0.3) is 0 Å². The summed E-state index contributed by atoms with van der Waals surface area (Å²) in [6, 6.07) is 8.41. The Hall–Kier alpha value is -0.730. The first-order chi connectivity index (χ1) is 7.29. The molecule has 0 aromatic heterocycles. The van der Waals surface area contributed by atoms with Gasteiger partial charge in [0.05, 0.1) is 0 Å². The average molecular weight is 225 g/mol. The smallest absolute Gasteiger partial charge is 0.0407 e. The van der Waals surface area contributed by atoms with Crippen LogP contribution >= 0.6 is 11.6 Å². The van der Waals surface area contributed by atoms with Gasteiger partial charge < -0.3 is 11.1 Å². The van der Waals surface area contributed by atoms with Gasteiger partial charge in [-0.15, -0.1) is 0 Å². The maximum Gasteiger partial charge on any atom is 0.0407 e. The van der Waals surface area contributed by atoms with Crippen molar-refractivity contribution in [3.63, 3.8) is 0 Å². The van der Waals surface area contributed by atoms with Crippen molar-refractivity contribution in [1.29, 1.82) is 0 Å². The highest BCUT2D eigenvalue weighted by molar-refractivity contribution is 6.30. The summed E-state index contributed by atoms with van der Waals surface area (Å²) in [5.74, 6) is 0.626. The second kappa shape index (κ2) is 4.86. The van der Waals surface area contributed by atoms with E-state index in [1.807, 2.05) is 24.3 Å². The largest absolute Gasteiger partial charge is 0.382 e. The van der Waals surface area contributed by atoms with Crippen molar-refractivity contribution in [3.05, 3.63) is 29.3 Å². The molecule has 0 saturated heterocycles. The number of halogens is 1. The van der Waals surface area contributed by atoms with Crippen LogP contribution in [0.5, 0.6) is 0 Å². The third kappa shape index (κ3) is 2.64. The second-order valence-electron chi connectivity index (χ2n) is 4.18. The molecule has 3 heteroatoms. The molecule has 0 heterocycles. The van der Waals surface area contributed by atoms with Gasteiger partial charge in [0.15, 0.2) is 0 Å². The molecular formula is C12H17ClN2. The van der Waals surface area contributed by atoms with Crippen molar-refractivity contribution in [3.8, 4) is 0 Å². The Labute approximate surface area is 95.8 Å². The van der Waals surface area contributed by atoms with Crippen LogP contribution in [0.15, 0.2) is 24.3 Å². The first-order valence-corrected chi connectivity index (χ1v) is 5.89. The third-order valence-corrected chi connectivity index (χ3v) is 3.41. The molecule has 1 aromatic rings. The van der Waals surface area contributed by atoms with E-state index in [1.54, 1.807) is 0 Å². The van der Waals surface area contributed by atoms with E-state index in [-0.39, 0.29) is 0 Å². The average Bonchev–Trinajstić information content (AvgIpc) is 2.69. The number of nitrogens with two attached hydrogens (primary N) is 1. The van der Waals surface area contributed by atoms with Crippen molar-refractivity contribution >= 4 is 17.3 Å². The summed E-state index contributed by atoms with van der Waals surface area (Å²) in [5.41, 5.74) is 6.88. The van der Waals surface area contributed by atoms with E-state index in [0.717, 1.165) is 17.3 Å². The van der Waals surface area contributed by atoms with Crippen molar-refractivity contribution < 1.29 is 0 Å². The third-order valence-electron chi connectivity index (χ3n) is 3.16. The van der Waals surface area contributed by atoms with Gasteiger partial charge in [-0.3, -0.25) is 0 Å². The lowest BCUT2D eigenvalue weighted by Gasteiger charge is -2.20. The molecule has 0 radical (unpaired) electrons. The van der Waals surface area contributed by atoms with Gasteiger partial charge in [0.1, 0.15) is 0 Å². The molecule has 2 nitrogen and oxygen atoms in total. The van der Waals surface area contributed by atoms with E-state index in [4.69, 9.17) is 17.3 Å². The fourth-order valence-electron chi connectivity index (χ4n) is 2.27. The lowest BCUT2D eigenvalue weighted by atomic mass is 10.0. The molecule has 82 valence electrons. The summed E-state index contributed by atoms with van der Waals surface area (Å²) in [4.78, 5) is 0. The molecule has 15 heavy (non-hydrogen) atoms. The molecule has 1 fully saturated rings. The van der Waals surface area contributed by atoms with Gasteiger partial charge in [0, 0.05) is 16.8 Å². The normalized spacial score (nSPS) is 25.5. The molecule has 0 aliphatic heterocycles. The van der Waals surface area contributed by atoms with Gasteiger partial charge in [-0.1, -0.05) is 18.0 Å². The van der Waals surface area contributed by atoms with Crippen LogP contribution in [0, 0.1) is 5.92 Å². The quantitative estimate of drug-likeness (QED) is 0.829. The minimum Gasteiger partial charge on any atom is -0.382 e. The SMILES string of the molecule is NCC1CCCC1Nc1ccc(Cl)cc1. The maximum atomic E-state index is 5.84. The predicted molar refractivity (Wildman–Crippen MR) is 65.3 cm³/mol. The fraction of sp³-hybridized carbons (Fsp3) is 0.500. The Morgan fingerprint density at radius 1 is 1.27 bits per heavy atom. The van der Waals surface area contributed by atoms with Gasteiger partial charge >= 0.3 is 0 Å². The minimum absolute atomic E-state index is 0.538. The predicted octanol–water partition coefficient (Wildman–Crippen LogP) is 2.88. The number of hydrogen-bond donors (Lipinski definition) is 2. The molecule has 2 rings (SSSR count). The molecule has 0 amide bonds. The minimum atomic E-state index is 0.538. The van der Waals surface area contributed by atoms with Gasteiger partial charge in [0.2, 0.25) is 0 Å². The van der Waals surface area contributed by atoms with Crippen LogP contribution in [-0.4, -0.2) is 12.6 Å². The van der Waals surface area contributed by atoms with Crippen LogP contribution in [0.2, 0.25) is 5.02 Å². The standard InChI is InChI=1S/C12H17ClN2/c13-10-4-6-11(7-5-10)15-12-3-1-2-9(12)8-14/h4-7,9,12,15H,1-3,8,14H2. The number of nitrogens with one attached hydrogen (secondary N) is 1. The monoisotopic (exact) mass is 224 g/mol. The Morgan fingerprint density at radius 3 is 2.67 bits per heavy atom. The lowest BCUT2D eigenvalue weighted by molar-refractivity contribution is 0.516. The van der Waals surface area contributed by atoms with E-state index in [9.17, 15) is 0 Å². The zero-order valence-electron chi connectivity index (χ0n) is 8.75. The summed E-state index contributed by atoms with van der Waals surface area (Å²) in [5, 5.41) is 4.31. The molecule has 1 aromatic carbocycles.